The zero-order valence-corrected chi connectivity index (χ0v) is 21.1. The van der Waals surface area contributed by atoms with Crippen molar-refractivity contribution >= 4 is 25.6 Å². The van der Waals surface area contributed by atoms with Crippen molar-refractivity contribution in [2.45, 2.75) is 79.0 Å². The Morgan fingerprint density at radius 2 is 1.69 bits per heavy atom. The molecule has 0 bridgehead atoms. The van der Waals surface area contributed by atoms with E-state index in [1.165, 1.54) is 13.8 Å². The first-order valence-corrected chi connectivity index (χ1v) is 14.2. The molecule has 1 N–H and O–H groups in total. The van der Waals surface area contributed by atoms with Gasteiger partial charge in [0.2, 0.25) is 0 Å². The van der Waals surface area contributed by atoms with Gasteiger partial charge in [-0.2, -0.15) is 13.2 Å². The van der Waals surface area contributed by atoms with Crippen molar-refractivity contribution in [1.82, 2.24) is 10.3 Å². The van der Waals surface area contributed by atoms with Gasteiger partial charge in [-0.25, -0.2) is 21.8 Å². The number of carbonyl (C=O) groups excluding carboxylic acids is 1. The average molecular weight is 533 g/mol. The van der Waals surface area contributed by atoms with E-state index in [0.717, 1.165) is 5.56 Å². The van der Waals surface area contributed by atoms with Crippen molar-refractivity contribution in [2.75, 3.05) is 0 Å². The molecular weight excluding hydrogens is 505 g/mol. The van der Waals surface area contributed by atoms with Gasteiger partial charge >= 0.3 is 6.18 Å². The third-order valence-corrected chi connectivity index (χ3v) is 10.5. The molecule has 1 fully saturated rings. The second-order valence-corrected chi connectivity index (χ2v) is 13.7. The maximum absolute atomic E-state index is 13.2. The van der Waals surface area contributed by atoms with Gasteiger partial charge in [0.15, 0.2) is 19.7 Å². The highest BCUT2D eigenvalue weighted by Crippen LogP contribution is 2.33. The van der Waals surface area contributed by atoms with Gasteiger partial charge in [-0.3, -0.25) is 4.79 Å². The summed E-state index contributed by atoms with van der Waals surface area (Å²) in [5.74, 6) is -0.914. The van der Waals surface area contributed by atoms with Crippen LogP contribution in [0.5, 0.6) is 0 Å². The predicted molar refractivity (Wildman–Crippen MR) is 123 cm³/mol. The summed E-state index contributed by atoms with van der Waals surface area (Å²) in [5.41, 5.74) is -1.06. The number of hydrogen-bond donors (Lipinski definition) is 1. The van der Waals surface area contributed by atoms with Crippen LogP contribution in [0.2, 0.25) is 0 Å². The molecule has 1 saturated carbocycles. The van der Waals surface area contributed by atoms with Crippen LogP contribution >= 0.6 is 0 Å². The lowest BCUT2D eigenvalue weighted by molar-refractivity contribution is -0.138. The number of alkyl halides is 3. The van der Waals surface area contributed by atoms with Gasteiger partial charge < -0.3 is 5.32 Å². The molecule has 1 aromatic heterocycles. The molecule has 2 aromatic rings. The molecule has 0 radical (unpaired) electrons. The molecule has 1 heterocycles. The fourth-order valence-corrected chi connectivity index (χ4v) is 7.11. The number of carbonyl (C=O) groups is 1. The largest absolute Gasteiger partial charge is 0.417 e. The maximum atomic E-state index is 13.2. The van der Waals surface area contributed by atoms with Gasteiger partial charge in [0, 0.05) is 12.2 Å². The minimum atomic E-state index is -4.83. The summed E-state index contributed by atoms with van der Waals surface area (Å²) in [7, 11) is -7.80. The summed E-state index contributed by atoms with van der Waals surface area (Å²) in [4.78, 5) is 15.9. The van der Waals surface area contributed by atoms with Crippen LogP contribution in [-0.4, -0.2) is 44.3 Å². The van der Waals surface area contributed by atoms with E-state index in [-0.39, 0.29) is 17.7 Å². The van der Waals surface area contributed by atoms with Gasteiger partial charge in [-0.1, -0.05) is 12.1 Å². The number of hydrogen-bond acceptors (Lipinski definition) is 6. The first-order chi connectivity index (χ1) is 16.1. The predicted octanol–water partition coefficient (Wildman–Crippen LogP) is 4.11. The Bertz CT molecular complexity index is 1310. The van der Waals surface area contributed by atoms with Crippen LogP contribution in [0.15, 0.2) is 46.3 Å². The van der Waals surface area contributed by atoms with Crippen LogP contribution in [0.3, 0.4) is 0 Å². The van der Waals surface area contributed by atoms with Gasteiger partial charge in [0.25, 0.3) is 5.91 Å². The Morgan fingerprint density at radius 1 is 1.06 bits per heavy atom. The molecule has 0 atom stereocenters. The van der Waals surface area contributed by atoms with E-state index in [1.807, 2.05) is 0 Å². The van der Waals surface area contributed by atoms with E-state index >= 15 is 0 Å². The van der Waals surface area contributed by atoms with Crippen molar-refractivity contribution in [3.63, 3.8) is 0 Å². The summed E-state index contributed by atoms with van der Waals surface area (Å²) < 4.78 is 90.8. The number of benzene rings is 1. The lowest BCUT2D eigenvalue weighted by Gasteiger charge is -2.29. The van der Waals surface area contributed by atoms with Crippen LogP contribution in [0.25, 0.3) is 0 Å². The van der Waals surface area contributed by atoms with Crippen molar-refractivity contribution < 1.29 is 34.8 Å². The SMILES string of the molecule is Cc1cccc(S(=O)(=O)[C@H]2CC[C@H](NC(=O)c3ncc(C(F)(F)F)cc3S(=O)(=O)C(C)C)CC2)c1. The van der Waals surface area contributed by atoms with E-state index in [4.69, 9.17) is 0 Å². The van der Waals surface area contributed by atoms with Crippen molar-refractivity contribution in [2.24, 2.45) is 0 Å². The van der Waals surface area contributed by atoms with E-state index in [1.54, 1.807) is 31.2 Å². The molecule has 7 nitrogen and oxygen atoms in total. The van der Waals surface area contributed by atoms with Crippen LogP contribution in [0, 0.1) is 6.92 Å². The summed E-state index contributed by atoms with van der Waals surface area (Å²) in [5, 5.41) is 0.929. The number of nitrogens with zero attached hydrogens (tertiary/aromatic N) is 1. The van der Waals surface area contributed by atoms with E-state index in [9.17, 15) is 34.8 Å². The molecule has 0 spiro atoms. The molecule has 0 saturated heterocycles. The van der Waals surface area contributed by atoms with Gasteiger partial charge in [-0.05, 0) is 70.2 Å². The lowest BCUT2D eigenvalue weighted by atomic mass is 9.95. The summed E-state index contributed by atoms with van der Waals surface area (Å²) in [6.45, 7) is 4.40. The van der Waals surface area contributed by atoms with Crippen molar-refractivity contribution in [3.8, 4) is 0 Å². The molecule has 1 aromatic carbocycles. The monoisotopic (exact) mass is 532 g/mol. The smallest absolute Gasteiger partial charge is 0.348 e. The Labute approximate surface area is 203 Å². The molecule has 1 aliphatic rings. The van der Waals surface area contributed by atoms with E-state index in [0.29, 0.717) is 25.1 Å². The number of aromatic nitrogens is 1. The van der Waals surface area contributed by atoms with Crippen molar-refractivity contribution in [3.05, 3.63) is 53.3 Å². The number of aryl methyl sites for hydroxylation is 1. The molecule has 0 aliphatic heterocycles. The number of pyridine rings is 1. The van der Waals surface area contributed by atoms with Crippen LogP contribution in [0.1, 0.15) is 61.1 Å². The zero-order valence-electron chi connectivity index (χ0n) is 19.5. The molecular formula is C23H27F3N2O5S2. The number of sulfone groups is 2. The Hall–Kier alpha value is -2.47. The molecule has 12 heteroatoms. The number of nitrogens with one attached hydrogen (secondary N) is 1. The standard InChI is InChI=1S/C23H27F3N2O5S2/c1-14(2)34(30,31)20-12-16(23(24,25)26)13-27-21(20)22(29)28-17-7-9-18(10-8-17)35(32,33)19-6-4-5-15(3)11-19/h4-6,11-14,17-18H,7-10H2,1-3H3,(H,28,29)/t17-,18-. The van der Waals surface area contributed by atoms with Crippen LogP contribution in [0.4, 0.5) is 13.2 Å². The fraction of sp³-hybridized carbons (Fsp3) is 0.478. The Kier molecular flexibility index (Phi) is 7.66. The van der Waals surface area contributed by atoms with Gasteiger partial charge in [-0.15, -0.1) is 0 Å². The highest BCUT2D eigenvalue weighted by molar-refractivity contribution is 7.92. The normalized spacial score (nSPS) is 19.5. The van der Waals surface area contributed by atoms with Crippen LogP contribution < -0.4 is 5.32 Å². The topological polar surface area (TPSA) is 110 Å². The molecule has 192 valence electrons. The minimum Gasteiger partial charge on any atom is -0.348 e. The third-order valence-electron chi connectivity index (χ3n) is 6.09. The summed E-state index contributed by atoms with van der Waals surface area (Å²) in [6, 6.07) is 6.59. The highest BCUT2D eigenvalue weighted by atomic mass is 32.2. The quantitative estimate of drug-likeness (QED) is 0.600. The first kappa shape index (κ1) is 27.1. The van der Waals surface area contributed by atoms with Gasteiger partial charge in [0.05, 0.1) is 25.9 Å². The first-order valence-electron chi connectivity index (χ1n) is 11.1. The number of halogens is 3. The fourth-order valence-electron chi connectivity index (χ4n) is 4.00. The number of amides is 1. The molecule has 35 heavy (non-hydrogen) atoms. The second kappa shape index (κ2) is 9.88. The Balaban J connectivity index is 1.78. The summed E-state index contributed by atoms with van der Waals surface area (Å²) in [6.07, 6.45) is -3.22. The average Bonchev–Trinajstić information content (AvgIpc) is 2.78. The zero-order chi connectivity index (χ0) is 26.2. The summed E-state index contributed by atoms with van der Waals surface area (Å²) >= 11 is 0. The third kappa shape index (κ3) is 5.85. The highest BCUT2D eigenvalue weighted by Gasteiger charge is 2.37. The van der Waals surface area contributed by atoms with Crippen LogP contribution in [-0.2, 0) is 25.9 Å². The minimum absolute atomic E-state index is 0.238. The van der Waals surface area contributed by atoms with Crippen molar-refractivity contribution in [1.29, 1.82) is 0 Å². The van der Waals surface area contributed by atoms with Gasteiger partial charge in [0.1, 0.15) is 5.69 Å². The molecule has 0 unspecified atom stereocenters. The Morgan fingerprint density at radius 3 is 2.23 bits per heavy atom. The van der Waals surface area contributed by atoms with E-state index in [2.05, 4.69) is 10.3 Å². The molecule has 1 amide bonds. The molecule has 3 rings (SSSR count). The van der Waals surface area contributed by atoms with E-state index < -0.39 is 64.5 Å². The molecule has 1 aliphatic carbocycles. The lowest BCUT2D eigenvalue weighted by Crippen LogP contribution is -2.41. The maximum Gasteiger partial charge on any atom is 0.417 e. The second-order valence-electron chi connectivity index (χ2n) is 8.97. The number of rotatable bonds is 6.